The summed E-state index contributed by atoms with van der Waals surface area (Å²) in [5, 5.41) is 7.61. The molecule has 1 aliphatic rings. The zero-order valence-electron chi connectivity index (χ0n) is 33.3. The van der Waals surface area contributed by atoms with Gasteiger partial charge >= 0.3 is 0 Å². The Balaban J connectivity index is 1.12. The molecule has 0 bridgehead atoms. The fourth-order valence-electron chi connectivity index (χ4n) is 9.41. The van der Waals surface area contributed by atoms with Crippen molar-refractivity contribution in [3.8, 4) is 33.4 Å². The molecule has 1 nitrogen and oxygen atoms in total. The topological polar surface area (TPSA) is 3.24 Å². The van der Waals surface area contributed by atoms with Crippen molar-refractivity contribution in [1.29, 1.82) is 0 Å². The molecule has 0 heterocycles. The lowest BCUT2D eigenvalue weighted by Gasteiger charge is -2.42. The molecule has 0 N–H and O–H groups in total. The lowest BCUT2D eigenvalue weighted by molar-refractivity contribution is 0.332. The maximum Gasteiger partial charge on any atom is 0.0467 e. The second-order valence-corrected chi connectivity index (χ2v) is 17.2. The first-order chi connectivity index (χ1) is 27.7. The minimum Gasteiger partial charge on any atom is -0.310 e. The van der Waals surface area contributed by atoms with Crippen molar-refractivity contribution in [1.82, 2.24) is 0 Å². The third-order valence-electron chi connectivity index (χ3n) is 12.7. The van der Waals surface area contributed by atoms with E-state index >= 15 is 0 Å². The number of benzene rings is 9. The van der Waals surface area contributed by atoms with Gasteiger partial charge in [0.2, 0.25) is 0 Å². The minimum absolute atomic E-state index is 0.144. The van der Waals surface area contributed by atoms with Crippen molar-refractivity contribution in [3.63, 3.8) is 0 Å². The van der Waals surface area contributed by atoms with Crippen LogP contribution in [0.15, 0.2) is 188 Å². The molecule has 0 fully saturated rings. The minimum atomic E-state index is 0.144. The van der Waals surface area contributed by atoms with Gasteiger partial charge in [-0.05, 0) is 143 Å². The van der Waals surface area contributed by atoms with E-state index in [0.29, 0.717) is 0 Å². The highest BCUT2D eigenvalue weighted by Crippen LogP contribution is 2.47. The van der Waals surface area contributed by atoms with Gasteiger partial charge in [0, 0.05) is 17.1 Å². The van der Waals surface area contributed by atoms with E-state index in [0.717, 1.165) is 17.1 Å². The molecule has 0 saturated carbocycles. The standard InChI is InChI=1S/C56H47N/c1-55(2)32-33-56(3,4)54-37-41(28-31-53(54)55)40-17-11-19-45(34-40)57(46-20-12-18-42(35-46)48-25-13-16-38-14-5-7-21-47(38)48)44-29-26-39(27-30-44)52-36-43-15-6-8-22-49(43)50-23-9-10-24-51(50)52/h5-31,34-37H,32-33H2,1-4H3. The van der Waals surface area contributed by atoms with Crippen LogP contribution >= 0.6 is 0 Å². The largest absolute Gasteiger partial charge is 0.310 e. The van der Waals surface area contributed by atoms with Crippen molar-refractivity contribution in [2.45, 2.75) is 51.4 Å². The smallest absolute Gasteiger partial charge is 0.0467 e. The Hall–Kier alpha value is -6.44. The van der Waals surface area contributed by atoms with E-state index in [1.54, 1.807) is 0 Å². The number of nitrogens with zero attached hydrogens (tertiary/aromatic N) is 1. The first-order valence-electron chi connectivity index (χ1n) is 20.4. The molecule has 0 saturated heterocycles. The van der Waals surface area contributed by atoms with Crippen LogP contribution in [0.25, 0.3) is 65.7 Å². The summed E-state index contributed by atoms with van der Waals surface area (Å²) < 4.78 is 0. The van der Waals surface area contributed by atoms with Crippen LogP contribution < -0.4 is 4.90 Å². The van der Waals surface area contributed by atoms with Crippen LogP contribution in [0.1, 0.15) is 51.7 Å². The van der Waals surface area contributed by atoms with Gasteiger partial charge in [0.05, 0.1) is 0 Å². The van der Waals surface area contributed by atoms with E-state index < -0.39 is 0 Å². The highest BCUT2D eigenvalue weighted by molar-refractivity contribution is 6.13. The molecule has 9 aromatic rings. The van der Waals surface area contributed by atoms with Crippen LogP contribution in [-0.2, 0) is 10.8 Å². The average molecular weight is 734 g/mol. The van der Waals surface area contributed by atoms with Crippen LogP contribution in [0.4, 0.5) is 17.1 Å². The van der Waals surface area contributed by atoms with E-state index in [-0.39, 0.29) is 10.8 Å². The zero-order chi connectivity index (χ0) is 38.7. The van der Waals surface area contributed by atoms with E-state index in [2.05, 4.69) is 221 Å². The van der Waals surface area contributed by atoms with E-state index in [4.69, 9.17) is 0 Å². The van der Waals surface area contributed by atoms with E-state index in [1.165, 1.54) is 89.7 Å². The Labute approximate surface area is 336 Å². The fourth-order valence-corrected chi connectivity index (χ4v) is 9.41. The molecule has 1 heteroatoms. The summed E-state index contributed by atoms with van der Waals surface area (Å²) >= 11 is 0. The predicted octanol–water partition coefficient (Wildman–Crippen LogP) is 16.0. The van der Waals surface area contributed by atoms with Gasteiger partial charge in [0.1, 0.15) is 0 Å². The third-order valence-corrected chi connectivity index (χ3v) is 12.7. The molecule has 0 radical (unpaired) electrons. The van der Waals surface area contributed by atoms with Gasteiger partial charge in [0.25, 0.3) is 0 Å². The Morgan fingerprint density at radius 3 is 1.63 bits per heavy atom. The lowest BCUT2D eigenvalue weighted by Crippen LogP contribution is -2.33. The Kier molecular flexibility index (Phi) is 8.38. The predicted molar refractivity (Wildman–Crippen MR) is 245 cm³/mol. The number of rotatable bonds is 6. The molecule has 10 rings (SSSR count). The maximum absolute atomic E-state index is 2.48. The van der Waals surface area contributed by atoms with Crippen LogP contribution in [0.3, 0.4) is 0 Å². The highest BCUT2D eigenvalue weighted by atomic mass is 15.1. The Morgan fingerprint density at radius 1 is 0.333 bits per heavy atom. The molecule has 0 amide bonds. The molecular formula is C56H47N. The summed E-state index contributed by atoms with van der Waals surface area (Å²) in [7, 11) is 0. The van der Waals surface area contributed by atoms with Crippen LogP contribution in [-0.4, -0.2) is 0 Å². The third kappa shape index (κ3) is 6.19. The second kappa shape index (κ2) is 13.6. The van der Waals surface area contributed by atoms with Gasteiger partial charge in [-0.2, -0.15) is 0 Å². The molecule has 57 heavy (non-hydrogen) atoms. The molecule has 0 unspecified atom stereocenters. The summed E-state index contributed by atoms with van der Waals surface area (Å²) in [6.07, 6.45) is 2.41. The monoisotopic (exact) mass is 733 g/mol. The van der Waals surface area contributed by atoms with Gasteiger partial charge in [-0.1, -0.05) is 173 Å². The van der Waals surface area contributed by atoms with Crippen molar-refractivity contribution >= 4 is 49.4 Å². The summed E-state index contributed by atoms with van der Waals surface area (Å²) in [5.74, 6) is 0. The molecule has 0 atom stereocenters. The van der Waals surface area contributed by atoms with E-state index in [9.17, 15) is 0 Å². The fraction of sp³-hybridized carbons (Fsp3) is 0.143. The van der Waals surface area contributed by atoms with Crippen molar-refractivity contribution in [2.75, 3.05) is 4.90 Å². The van der Waals surface area contributed by atoms with Crippen molar-refractivity contribution < 1.29 is 0 Å². The quantitative estimate of drug-likeness (QED) is 0.154. The van der Waals surface area contributed by atoms with Crippen molar-refractivity contribution in [2.24, 2.45) is 0 Å². The number of hydrogen-bond acceptors (Lipinski definition) is 1. The molecule has 0 aromatic heterocycles. The number of fused-ring (bicyclic) bond motifs is 5. The first kappa shape index (κ1) is 35.0. The molecule has 9 aromatic carbocycles. The van der Waals surface area contributed by atoms with Gasteiger partial charge in [0.15, 0.2) is 0 Å². The van der Waals surface area contributed by atoms with Gasteiger partial charge in [-0.3, -0.25) is 0 Å². The SMILES string of the molecule is CC1(C)CCC(C)(C)c2cc(-c3cccc(N(c4ccc(-c5cc6ccccc6c6ccccc56)cc4)c4cccc(-c5cccc6ccccc56)c4)c3)ccc21. The number of hydrogen-bond donors (Lipinski definition) is 0. The van der Waals surface area contributed by atoms with Gasteiger partial charge in [-0.25, -0.2) is 0 Å². The zero-order valence-corrected chi connectivity index (χ0v) is 33.3. The summed E-state index contributed by atoms with van der Waals surface area (Å²) in [5.41, 5.74) is 14.1. The van der Waals surface area contributed by atoms with Crippen LogP contribution in [0, 0.1) is 0 Å². The normalized spacial score (nSPS) is 14.5. The van der Waals surface area contributed by atoms with Crippen LogP contribution in [0.2, 0.25) is 0 Å². The first-order valence-corrected chi connectivity index (χ1v) is 20.4. The Bertz CT molecular complexity index is 2960. The highest BCUT2D eigenvalue weighted by Gasteiger charge is 2.37. The molecular weight excluding hydrogens is 687 g/mol. The lowest BCUT2D eigenvalue weighted by atomic mass is 9.63. The van der Waals surface area contributed by atoms with Crippen molar-refractivity contribution in [3.05, 3.63) is 199 Å². The van der Waals surface area contributed by atoms with Crippen LogP contribution in [0.5, 0.6) is 0 Å². The average Bonchev–Trinajstić information content (AvgIpc) is 3.25. The summed E-state index contributed by atoms with van der Waals surface area (Å²) in [4.78, 5) is 2.42. The Morgan fingerprint density at radius 2 is 0.877 bits per heavy atom. The van der Waals surface area contributed by atoms with E-state index in [1.807, 2.05) is 0 Å². The molecule has 0 aliphatic heterocycles. The summed E-state index contributed by atoms with van der Waals surface area (Å²) in [6, 6.07) is 69.7. The maximum atomic E-state index is 2.48. The molecule has 276 valence electrons. The molecule has 0 spiro atoms. The molecule has 1 aliphatic carbocycles. The second-order valence-electron chi connectivity index (χ2n) is 17.2. The summed E-state index contributed by atoms with van der Waals surface area (Å²) in [6.45, 7) is 9.63. The van der Waals surface area contributed by atoms with Gasteiger partial charge in [-0.15, -0.1) is 0 Å². The van der Waals surface area contributed by atoms with Gasteiger partial charge < -0.3 is 4.90 Å². The number of anilines is 3.